The molecule has 2 atom stereocenters. The Morgan fingerprint density at radius 3 is 2.58 bits per heavy atom. The van der Waals surface area contributed by atoms with E-state index in [1.807, 2.05) is 18.7 Å². The SMILES string of the molecule is C1=C(CCn2ccnc2)CCN(C2=N\C=C3\CC(c4ccccc4)c4ccccc4C3C\C=C\2)CC1. The van der Waals surface area contributed by atoms with Gasteiger partial charge < -0.3 is 9.47 Å². The first kappa shape index (κ1) is 22.8. The van der Waals surface area contributed by atoms with Crippen molar-refractivity contribution in [1.82, 2.24) is 14.5 Å². The van der Waals surface area contributed by atoms with Crippen molar-refractivity contribution in [3.8, 4) is 0 Å². The molecule has 2 unspecified atom stereocenters. The smallest absolute Gasteiger partial charge is 0.128 e. The van der Waals surface area contributed by atoms with E-state index in [4.69, 9.17) is 4.99 Å². The highest BCUT2D eigenvalue weighted by atomic mass is 15.2. The van der Waals surface area contributed by atoms with Gasteiger partial charge in [-0.1, -0.05) is 72.3 Å². The molecule has 2 aromatic carbocycles. The summed E-state index contributed by atoms with van der Waals surface area (Å²) in [6.07, 6.45) is 20.4. The van der Waals surface area contributed by atoms with Gasteiger partial charge in [-0.25, -0.2) is 9.98 Å². The van der Waals surface area contributed by atoms with Gasteiger partial charge in [0.15, 0.2) is 0 Å². The molecular weight excluding hydrogens is 440 g/mol. The summed E-state index contributed by atoms with van der Waals surface area (Å²) in [6.45, 7) is 3.06. The first-order valence-corrected chi connectivity index (χ1v) is 13.3. The summed E-state index contributed by atoms with van der Waals surface area (Å²) in [5.41, 5.74) is 7.35. The van der Waals surface area contributed by atoms with Gasteiger partial charge in [-0.05, 0) is 60.4 Å². The Kier molecular flexibility index (Phi) is 6.66. The zero-order chi connectivity index (χ0) is 24.2. The molecule has 6 rings (SSSR count). The second-order valence-corrected chi connectivity index (χ2v) is 10.1. The van der Waals surface area contributed by atoms with Crippen LogP contribution in [0.15, 0.2) is 114 Å². The second-order valence-electron chi connectivity index (χ2n) is 10.1. The van der Waals surface area contributed by atoms with Gasteiger partial charge in [-0.15, -0.1) is 0 Å². The fraction of sp³-hybridized carbons (Fsp3) is 0.312. The highest BCUT2D eigenvalue weighted by Crippen LogP contribution is 2.47. The number of imidazole rings is 1. The lowest BCUT2D eigenvalue weighted by molar-refractivity contribution is 0.439. The van der Waals surface area contributed by atoms with Gasteiger partial charge in [0.25, 0.3) is 0 Å². The Balaban J connectivity index is 1.21. The van der Waals surface area contributed by atoms with Crippen molar-refractivity contribution < 1.29 is 0 Å². The average Bonchev–Trinajstić information content (AvgIpc) is 3.33. The molecule has 4 heteroatoms. The van der Waals surface area contributed by atoms with Crippen LogP contribution in [0, 0.1) is 0 Å². The Labute approximate surface area is 214 Å². The van der Waals surface area contributed by atoms with Crippen LogP contribution in [-0.4, -0.2) is 33.4 Å². The number of aromatic nitrogens is 2. The van der Waals surface area contributed by atoms with Crippen molar-refractivity contribution in [2.75, 3.05) is 13.1 Å². The zero-order valence-electron chi connectivity index (χ0n) is 20.8. The van der Waals surface area contributed by atoms with Crippen LogP contribution in [0.1, 0.15) is 60.6 Å². The number of rotatable bonds is 4. The summed E-state index contributed by atoms with van der Waals surface area (Å²) in [4.78, 5) is 11.7. The van der Waals surface area contributed by atoms with Gasteiger partial charge in [0.05, 0.1) is 6.33 Å². The van der Waals surface area contributed by atoms with Crippen molar-refractivity contribution >= 4 is 5.84 Å². The predicted octanol–water partition coefficient (Wildman–Crippen LogP) is 6.86. The predicted molar refractivity (Wildman–Crippen MR) is 147 cm³/mol. The van der Waals surface area contributed by atoms with E-state index in [0.29, 0.717) is 11.8 Å². The van der Waals surface area contributed by atoms with Gasteiger partial charge in [0, 0.05) is 50.1 Å². The number of aryl methyl sites for hydroxylation is 1. The Morgan fingerprint density at radius 2 is 1.75 bits per heavy atom. The molecular formula is C32H34N4. The molecule has 1 aromatic heterocycles. The van der Waals surface area contributed by atoms with Crippen molar-refractivity contribution in [1.29, 1.82) is 0 Å². The van der Waals surface area contributed by atoms with Crippen molar-refractivity contribution in [2.24, 2.45) is 4.99 Å². The van der Waals surface area contributed by atoms with Crippen LogP contribution in [0.2, 0.25) is 0 Å². The number of aliphatic imine (C=N–C) groups is 1. The second kappa shape index (κ2) is 10.5. The van der Waals surface area contributed by atoms with Gasteiger partial charge in [0.1, 0.15) is 5.84 Å². The van der Waals surface area contributed by atoms with E-state index in [9.17, 15) is 0 Å². The van der Waals surface area contributed by atoms with Crippen molar-refractivity contribution in [2.45, 2.75) is 50.5 Å². The molecule has 0 bridgehead atoms. The number of fused-ring (bicyclic) bond motifs is 3. The van der Waals surface area contributed by atoms with Crippen LogP contribution in [-0.2, 0) is 6.54 Å². The number of hydrogen-bond acceptors (Lipinski definition) is 3. The quantitative estimate of drug-likeness (QED) is 0.387. The van der Waals surface area contributed by atoms with Crippen LogP contribution in [0.4, 0.5) is 0 Å². The van der Waals surface area contributed by atoms with Crippen LogP contribution < -0.4 is 0 Å². The van der Waals surface area contributed by atoms with Crippen molar-refractivity contribution in [3.05, 3.63) is 126 Å². The standard InChI is InChI=1S/C32H34N4/c1-2-9-26(10-3-1)31-22-27-23-34-32(14-6-13-28(27)29-11-4-5-12-30(29)31)36-18-7-8-25(16-20-36)15-19-35-21-17-33-24-35/h1-6,8-12,14,17,21,23-24,28,31H,7,13,15-16,18-20,22H2/b14-6+,27-23-,34-32-. The summed E-state index contributed by atoms with van der Waals surface area (Å²) in [6, 6.07) is 20.0. The highest BCUT2D eigenvalue weighted by Gasteiger charge is 2.31. The Bertz CT molecular complexity index is 1300. The topological polar surface area (TPSA) is 33.4 Å². The normalized spacial score (nSPS) is 25.6. The molecule has 0 fully saturated rings. The zero-order valence-corrected chi connectivity index (χ0v) is 20.8. The van der Waals surface area contributed by atoms with E-state index in [0.717, 1.165) is 57.6 Å². The van der Waals surface area contributed by atoms with Crippen molar-refractivity contribution in [3.63, 3.8) is 0 Å². The summed E-state index contributed by atoms with van der Waals surface area (Å²) in [5.74, 6) is 1.93. The molecule has 0 spiro atoms. The number of benzene rings is 2. The minimum atomic E-state index is 0.396. The maximum absolute atomic E-state index is 5.10. The minimum absolute atomic E-state index is 0.396. The lowest BCUT2D eigenvalue weighted by atomic mass is 9.70. The van der Waals surface area contributed by atoms with Gasteiger partial charge >= 0.3 is 0 Å². The molecule has 4 nitrogen and oxygen atoms in total. The fourth-order valence-electron chi connectivity index (χ4n) is 5.99. The average molecular weight is 475 g/mol. The summed E-state index contributed by atoms with van der Waals surface area (Å²) in [5, 5.41) is 0. The monoisotopic (exact) mass is 474 g/mol. The molecule has 0 radical (unpaired) electrons. The molecule has 182 valence electrons. The largest absolute Gasteiger partial charge is 0.356 e. The third-order valence-corrected chi connectivity index (χ3v) is 7.95. The molecule has 3 aromatic rings. The van der Waals surface area contributed by atoms with Gasteiger partial charge in [-0.3, -0.25) is 0 Å². The van der Waals surface area contributed by atoms with Gasteiger partial charge in [0.2, 0.25) is 0 Å². The lowest BCUT2D eigenvalue weighted by Crippen LogP contribution is -2.31. The lowest BCUT2D eigenvalue weighted by Gasteiger charge is -2.34. The van der Waals surface area contributed by atoms with E-state index in [1.165, 1.54) is 22.3 Å². The molecule has 2 aliphatic heterocycles. The highest BCUT2D eigenvalue weighted by molar-refractivity contribution is 5.93. The first-order valence-electron chi connectivity index (χ1n) is 13.3. The molecule has 0 saturated heterocycles. The first-order chi connectivity index (χ1) is 17.8. The molecule has 0 saturated carbocycles. The van der Waals surface area contributed by atoms with E-state index in [-0.39, 0.29) is 0 Å². The molecule has 36 heavy (non-hydrogen) atoms. The number of amidine groups is 1. The minimum Gasteiger partial charge on any atom is -0.356 e. The van der Waals surface area contributed by atoms with Gasteiger partial charge in [-0.2, -0.15) is 0 Å². The Hall–Kier alpha value is -3.66. The maximum Gasteiger partial charge on any atom is 0.128 e. The fourth-order valence-corrected chi connectivity index (χ4v) is 5.99. The molecule has 3 heterocycles. The Morgan fingerprint density at radius 1 is 0.917 bits per heavy atom. The summed E-state index contributed by atoms with van der Waals surface area (Å²) >= 11 is 0. The third-order valence-electron chi connectivity index (χ3n) is 7.95. The van der Waals surface area contributed by atoms with E-state index in [1.54, 1.807) is 5.57 Å². The van der Waals surface area contributed by atoms with Crippen LogP contribution in [0.3, 0.4) is 0 Å². The van der Waals surface area contributed by atoms with Crippen LogP contribution in [0.5, 0.6) is 0 Å². The third kappa shape index (κ3) is 4.86. The van der Waals surface area contributed by atoms with E-state index in [2.05, 4.69) is 93.5 Å². The number of allylic oxidation sites excluding steroid dienone is 2. The van der Waals surface area contributed by atoms with E-state index >= 15 is 0 Å². The van der Waals surface area contributed by atoms with Crippen LogP contribution >= 0.6 is 0 Å². The molecule has 0 amide bonds. The number of nitrogens with zero attached hydrogens (tertiary/aromatic N) is 4. The van der Waals surface area contributed by atoms with E-state index < -0.39 is 0 Å². The summed E-state index contributed by atoms with van der Waals surface area (Å²) in [7, 11) is 0. The van der Waals surface area contributed by atoms with Crippen LogP contribution in [0.25, 0.3) is 0 Å². The number of hydrogen-bond donors (Lipinski definition) is 0. The molecule has 3 aliphatic rings. The molecule has 0 N–H and O–H groups in total. The summed E-state index contributed by atoms with van der Waals surface area (Å²) < 4.78 is 2.17. The maximum atomic E-state index is 5.10. The molecule has 1 aliphatic carbocycles.